The van der Waals surface area contributed by atoms with E-state index in [1.807, 2.05) is 60.7 Å². The molecule has 1 atom stereocenters. The molecule has 2 N–H and O–H groups in total. The van der Waals surface area contributed by atoms with Gasteiger partial charge in [-0.2, -0.15) is 0 Å². The van der Waals surface area contributed by atoms with Gasteiger partial charge in [0.15, 0.2) is 0 Å². The van der Waals surface area contributed by atoms with Gasteiger partial charge < -0.3 is 15.4 Å². The number of amides is 2. The van der Waals surface area contributed by atoms with Gasteiger partial charge in [-0.1, -0.05) is 48.5 Å². The highest BCUT2D eigenvalue weighted by Gasteiger charge is 2.23. The molecule has 0 saturated carbocycles. The summed E-state index contributed by atoms with van der Waals surface area (Å²) in [5.74, 6) is -0.806. The van der Waals surface area contributed by atoms with Gasteiger partial charge >= 0.3 is 6.09 Å². The van der Waals surface area contributed by atoms with E-state index in [0.29, 0.717) is 5.69 Å². The summed E-state index contributed by atoms with van der Waals surface area (Å²) in [7, 11) is 0. The number of carbonyl (C=O) groups excluding carboxylic acids is 2. The Labute approximate surface area is 170 Å². The quantitative estimate of drug-likeness (QED) is 0.672. The number of carbonyl (C=O) groups is 2. The van der Waals surface area contributed by atoms with Gasteiger partial charge in [0.05, 0.1) is 23.3 Å². The van der Waals surface area contributed by atoms with Gasteiger partial charge in [0.2, 0.25) is 5.91 Å². The number of hydrogen-bond acceptors (Lipinski definition) is 4. The van der Waals surface area contributed by atoms with Crippen molar-refractivity contribution in [1.82, 2.24) is 10.3 Å². The van der Waals surface area contributed by atoms with E-state index in [4.69, 9.17) is 4.74 Å². The van der Waals surface area contributed by atoms with Crippen LogP contribution < -0.4 is 10.6 Å². The molecule has 0 aliphatic rings. The van der Waals surface area contributed by atoms with Crippen molar-refractivity contribution >= 4 is 28.6 Å². The van der Waals surface area contributed by atoms with Gasteiger partial charge in [0.25, 0.3) is 0 Å². The molecule has 6 nitrogen and oxygen atoms in total. The van der Waals surface area contributed by atoms with Crippen LogP contribution in [0, 0.1) is 0 Å². The van der Waals surface area contributed by atoms with Gasteiger partial charge in [0.1, 0.15) is 5.60 Å². The highest BCUT2D eigenvalue weighted by Crippen LogP contribution is 2.20. The number of alkyl carbamates (subject to hydrolysis) is 1. The summed E-state index contributed by atoms with van der Waals surface area (Å²) < 4.78 is 5.28. The zero-order valence-electron chi connectivity index (χ0n) is 16.8. The lowest BCUT2D eigenvalue weighted by Gasteiger charge is -2.22. The number of nitrogens with zero attached hydrogens (tertiary/aromatic N) is 1. The Morgan fingerprint density at radius 1 is 1.03 bits per heavy atom. The molecule has 0 saturated heterocycles. The van der Waals surface area contributed by atoms with E-state index >= 15 is 0 Å². The van der Waals surface area contributed by atoms with E-state index in [0.717, 1.165) is 16.5 Å². The average molecular weight is 391 g/mol. The smallest absolute Gasteiger partial charge is 0.407 e. The Morgan fingerprint density at radius 3 is 2.45 bits per heavy atom. The normalized spacial score (nSPS) is 12.2. The maximum absolute atomic E-state index is 13.0. The van der Waals surface area contributed by atoms with Crippen LogP contribution in [0.15, 0.2) is 66.9 Å². The maximum atomic E-state index is 13.0. The van der Waals surface area contributed by atoms with E-state index in [-0.39, 0.29) is 12.5 Å². The Balaban J connectivity index is 1.75. The molecule has 150 valence electrons. The largest absolute Gasteiger partial charge is 0.444 e. The lowest BCUT2D eigenvalue weighted by Crippen LogP contribution is -2.37. The van der Waals surface area contributed by atoms with Crippen molar-refractivity contribution in [3.63, 3.8) is 0 Å². The van der Waals surface area contributed by atoms with Crippen molar-refractivity contribution in [3.05, 3.63) is 72.4 Å². The van der Waals surface area contributed by atoms with Gasteiger partial charge in [-0.15, -0.1) is 0 Å². The lowest BCUT2D eigenvalue weighted by molar-refractivity contribution is -0.117. The van der Waals surface area contributed by atoms with Crippen molar-refractivity contribution in [2.75, 3.05) is 11.9 Å². The first kappa shape index (κ1) is 20.3. The minimum absolute atomic E-state index is 0.117. The van der Waals surface area contributed by atoms with Crippen LogP contribution in [0.1, 0.15) is 32.3 Å². The number of para-hydroxylation sites is 1. The van der Waals surface area contributed by atoms with Gasteiger partial charge in [0, 0.05) is 11.9 Å². The number of rotatable bonds is 5. The molecule has 0 aliphatic heterocycles. The minimum atomic E-state index is -0.606. The molecule has 1 heterocycles. The molecule has 0 aliphatic carbocycles. The SMILES string of the molecule is CC(C)(C)OC(=O)NC[C@H](C(=O)Nc1cnc2ccccc2c1)c1ccccc1. The number of nitrogens with one attached hydrogen (secondary N) is 2. The van der Waals surface area contributed by atoms with Crippen molar-refractivity contribution in [2.45, 2.75) is 32.3 Å². The third kappa shape index (κ3) is 5.78. The third-order valence-corrected chi connectivity index (χ3v) is 4.23. The summed E-state index contributed by atoms with van der Waals surface area (Å²) in [6.07, 6.45) is 1.07. The molecule has 3 aromatic rings. The summed E-state index contributed by atoms with van der Waals surface area (Å²) in [6.45, 7) is 5.49. The molecule has 0 spiro atoms. The third-order valence-electron chi connectivity index (χ3n) is 4.23. The van der Waals surface area contributed by atoms with Crippen LogP contribution in [0.5, 0.6) is 0 Å². The summed E-state index contributed by atoms with van der Waals surface area (Å²) in [4.78, 5) is 29.4. The molecule has 0 radical (unpaired) electrons. The zero-order valence-corrected chi connectivity index (χ0v) is 16.8. The maximum Gasteiger partial charge on any atom is 0.407 e. The molecule has 29 heavy (non-hydrogen) atoms. The minimum Gasteiger partial charge on any atom is -0.444 e. The predicted molar refractivity (Wildman–Crippen MR) is 114 cm³/mol. The number of ether oxygens (including phenoxy) is 1. The summed E-state index contributed by atoms with van der Waals surface area (Å²) in [6, 6.07) is 18.9. The van der Waals surface area contributed by atoms with Crippen LogP contribution in [-0.4, -0.2) is 29.1 Å². The Hall–Kier alpha value is -3.41. The topological polar surface area (TPSA) is 80.3 Å². The highest BCUT2D eigenvalue weighted by molar-refractivity contribution is 5.97. The number of fused-ring (bicyclic) bond motifs is 1. The van der Waals surface area contributed by atoms with E-state index in [1.54, 1.807) is 27.0 Å². The molecular formula is C23H25N3O3. The molecule has 1 aromatic heterocycles. The fourth-order valence-electron chi connectivity index (χ4n) is 2.92. The van der Waals surface area contributed by atoms with E-state index in [9.17, 15) is 9.59 Å². The number of hydrogen-bond donors (Lipinski definition) is 2. The Morgan fingerprint density at radius 2 is 1.72 bits per heavy atom. The molecule has 3 rings (SSSR count). The van der Waals surface area contributed by atoms with Crippen LogP contribution in [0.4, 0.5) is 10.5 Å². The van der Waals surface area contributed by atoms with E-state index < -0.39 is 17.6 Å². The first-order valence-corrected chi connectivity index (χ1v) is 9.49. The first-order valence-electron chi connectivity index (χ1n) is 9.49. The predicted octanol–water partition coefficient (Wildman–Crippen LogP) is 4.48. The van der Waals surface area contributed by atoms with Crippen molar-refractivity contribution in [3.8, 4) is 0 Å². The monoisotopic (exact) mass is 391 g/mol. The zero-order chi connectivity index (χ0) is 20.9. The Bertz CT molecular complexity index is 997. The number of anilines is 1. The van der Waals surface area contributed by atoms with Crippen molar-refractivity contribution in [2.24, 2.45) is 0 Å². The molecule has 2 aromatic carbocycles. The first-order chi connectivity index (χ1) is 13.8. The van der Waals surface area contributed by atoms with Gasteiger partial charge in [-0.05, 0) is 38.5 Å². The molecule has 2 amide bonds. The van der Waals surface area contributed by atoms with Gasteiger partial charge in [-0.25, -0.2) is 4.79 Å². The molecule has 0 bridgehead atoms. The molecule has 0 unspecified atom stereocenters. The highest BCUT2D eigenvalue weighted by atomic mass is 16.6. The van der Waals surface area contributed by atoms with E-state index in [1.165, 1.54) is 0 Å². The number of benzene rings is 2. The second-order valence-electron chi connectivity index (χ2n) is 7.75. The summed E-state index contributed by atoms with van der Waals surface area (Å²) in [5.41, 5.74) is 1.66. The van der Waals surface area contributed by atoms with Crippen LogP contribution in [-0.2, 0) is 9.53 Å². The van der Waals surface area contributed by atoms with Crippen LogP contribution in [0.3, 0.4) is 0 Å². The van der Waals surface area contributed by atoms with E-state index in [2.05, 4.69) is 15.6 Å². The van der Waals surface area contributed by atoms with Crippen LogP contribution in [0.2, 0.25) is 0 Å². The average Bonchev–Trinajstić information content (AvgIpc) is 2.67. The molecule has 6 heteroatoms. The Kier molecular flexibility index (Phi) is 6.12. The summed E-state index contributed by atoms with van der Waals surface area (Å²) >= 11 is 0. The van der Waals surface area contributed by atoms with Crippen LogP contribution >= 0.6 is 0 Å². The standard InChI is InChI=1S/C23H25N3O3/c1-23(2,3)29-22(28)25-15-19(16-9-5-4-6-10-16)21(27)26-18-13-17-11-7-8-12-20(17)24-14-18/h4-14,19H,15H2,1-3H3,(H,25,28)(H,26,27)/t19-/m0/s1. The molecule has 0 fully saturated rings. The van der Waals surface area contributed by atoms with Crippen molar-refractivity contribution < 1.29 is 14.3 Å². The fraction of sp³-hybridized carbons (Fsp3) is 0.261. The summed E-state index contributed by atoms with van der Waals surface area (Å²) in [5, 5.41) is 6.55. The number of pyridine rings is 1. The van der Waals surface area contributed by atoms with Crippen LogP contribution in [0.25, 0.3) is 10.9 Å². The van der Waals surface area contributed by atoms with Crippen molar-refractivity contribution in [1.29, 1.82) is 0 Å². The number of aromatic nitrogens is 1. The second-order valence-corrected chi connectivity index (χ2v) is 7.75. The lowest BCUT2D eigenvalue weighted by atomic mass is 9.98. The molecular weight excluding hydrogens is 366 g/mol. The second kappa shape index (κ2) is 8.73. The van der Waals surface area contributed by atoms with Gasteiger partial charge in [-0.3, -0.25) is 9.78 Å². The fourth-order valence-corrected chi connectivity index (χ4v) is 2.92.